The van der Waals surface area contributed by atoms with Gasteiger partial charge in [0.05, 0.1) is 98.7 Å². The molecular weight excluding hydrogens is 1100 g/mol. The molecule has 10 heterocycles. The minimum absolute atomic E-state index is 0. The van der Waals surface area contributed by atoms with Gasteiger partial charge in [-0.3, -0.25) is 85.1 Å². The van der Waals surface area contributed by atoms with Crippen molar-refractivity contribution in [3.8, 4) is 0 Å². The summed E-state index contributed by atoms with van der Waals surface area (Å²) >= 11 is 0. The Kier molecular flexibility index (Phi) is 18.7. The molecule has 18 fully saturated rings. The van der Waals surface area contributed by atoms with Crippen LogP contribution in [0.5, 0.6) is 0 Å². The Balaban J connectivity index is 0.000000150. The first kappa shape index (κ1) is 59.5. The summed E-state index contributed by atoms with van der Waals surface area (Å²) in [5.41, 5.74) is 0. The summed E-state index contributed by atoms with van der Waals surface area (Å²) in [6.07, 6.45) is 51.1. The molecule has 0 aromatic carbocycles. The van der Waals surface area contributed by atoms with Crippen LogP contribution in [0.25, 0.3) is 0 Å². The Hall–Kier alpha value is 1.24. The molecule has 0 spiro atoms. The fourth-order valence-electron chi connectivity index (χ4n) is 23.9. The van der Waals surface area contributed by atoms with E-state index < -0.39 is 0 Å². The van der Waals surface area contributed by atoms with E-state index >= 15 is 0 Å². The molecule has 0 amide bonds. The maximum atomic E-state index is 4.26. The van der Waals surface area contributed by atoms with E-state index in [4.69, 9.17) is 0 Å². The molecule has 82 heavy (non-hydrogen) atoms. The van der Waals surface area contributed by atoms with Crippen molar-refractivity contribution in [2.75, 3.05) is 0 Å². The summed E-state index contributed by atoms with van der Waals surface area (Å²) in [5, 5.41) is 67.6. The van der Waals surface area contributed by atoms with Crippen LogP contribution in [0.3, 0.4) is 0 Å². The molecule has 0 aromatic rings. The van der Waals surface area contributed by atoms with Gasteiger partial charge in [-0.05, 0) is 197 Å². The van der Waals surface area contributed by atoms with Gasteiger partial charge in [0, 0.05) is 19.5 Å². The van der Waals surface area contributed by atoms with Crippen LogP contribution >= 0.6 is 0 Å². The average molecular weight is 1210 g/mol. The Morgan fingerprint density at radius 3 is 0.256 bits per heavy atom. The van der Waals surface area contributed by atoms with E-state index in [1.807, 2.05) is 0 Å². The molecule has 8 aliphatic carbocycles. The quantitative estimate of drug-likeness (QED) is 0.144. The van der Waals surface area contributed by atoms with Crippen LogP contribution in [0.1, 0.15) is 208 Å². The molecule has 10 aliphatic heterocycles. The molecule has 18 aliphatic rings. The van der Waals surface area contributed by atoms with Gasteiger partial charge in [0.15, 0.2) is 0 Å². The Bertz CT molecular complexity index is 1590. The fourth-order valence-corrected chi connectivity index (χ4v) is 23.9. The Morgan fingerprint density at radius 1 is 0.134 bits per heavy atom. The van der Waals surface area contributed by atoms with E-state index in [1.54, 1.807) is 0 Å². The third-order valence-corrected chi connectivity index (χ3v) is 27.6. The first-order valence-corrected chi connectivity index (χ1v) is 35.8. The molecule has 16 unspecified atom stereocenters. The zero-order valence-electron chi connectivity index (χ0n) is 52.5. The number of rotatable bonds is 0. The molecule has 16 bridgehead atoms. The molecule has 454 valence electrons. The van der Waals surface area contributed by atoms with E-state index in [9.17, 15) is 0 Å². The van der Waals surface area contributed by atoms with Crippen LogP contribution < -0.4 is 85.1 Å². The van der Waals surface area contributed by atoms with Crippen LogP contribution in [0.15, 0.2) is 0 Å². The summed E-state index contributed by atoms with van der Waals surface area (Å²) in [6, 6.07) is 0. The molecule has 16 N–H and O–H groups in total. The van der Waals surface area contributed by atoms with E-state index in [0.717, 1.165) is 94.7 Å². The van der Waals surface area contributed by atoms with Crippen molar-refractivity contribution in [1.82, 2.24) is 85.1 Å². The third-order valence-electron chi connectivity index (χ3n) is 27.6. The van der Waals surface area contributed by atoms with Gasteiger partial charge in [0.1, 0.15) is 0 Å². The molecule has 16 nitrogen and oxygen atoms in total. The zero-order valence-corrected chi connectivity index (χ0v) is 55.7. The van der Waals surface area contributed by atoms with E-state index in [2.05, 4.69) is 85.1 Å². The number of hydrogen-bond acceptors (Lipinski definition) is 16. The average Bonchev–Trinajstić information content (AvgIpc) is 4.60. The van der Waals surface area contributed by atoms with Crippen molar-refractivity contribution >= 4 is 37.7 Å². The number of hydrogen-bond donors (Lipinski definition) is 16. The predicted octanol–water partition coefficient (Wildman–Crippen LogP) is 5.05. The topological polar surface area (TPSA) is 192 Å². The third kappa shape index (κ3) is 11.1. The summed E-state index contributed by atoms with van der Waals surface area (Å²) in [5.74, 6) is 11.9. The van der Waals surface area contributed by atoms with Gasteiger partial charge in [-0.2, -0.15) is 0 Å². The Morgan fingerprint density at radius 2 is 0.195 bits per heavy atom. The first-order valence-electron chi connectivity index (χ1n) is 35.8. The molecule has 18 rings (SSSR count). The van der Waals surface area contributed by atoms with Crippen LogP contribution in [0.4, 0.5) is 0 Å². The molecule has 0 aromatic heterocycles. The normalized spacial score (nSPS) is 56.2. The van der Waals surface area contributed by atoms with Gasteiger partial charge >= 0.3 is 37.7 Å². The minimum Gasteiger partial charge on any atom is -1.00 e. The minimum atomic E-state index is 0. The summed E-state index contributed by atoms with van der Waals surface area (Å²) in [4.78, 5) is 0. The maximum Gasteiger partial charge on any atom is 2.00 e. The summed E-state index contributed by atoms with van der Waals surface area (Å²) in [7, 11) is 0. The van der Waals surface area contributed by atoms with E-state index in [0.29, 0.717) is 98.7 Å². The van der Waals surface area contributed by atoms with Gasteiger partial charge in [-0.1, -0.05) is 103 Å². The monoisotopic (exact) mass is 1210 g/mol. The van der Waals surface area contributed by atoms with Crippen molar-refractivity contribution in [3.63, 3.8) is 0 Å². The van der Waals surface area contributed by atoms with Crippen molar-refractivity contribution < 1.29 is 22.3 Å². The fraction of sp³-hybridized carbons (Fsp3) is 1.00. The van der Waals surface area contributed by atoms with E-state index in [-0.39, 0.29) is 60.1 Å². The van der Waals surface area contributed by atoms with Gasteiger partial charge in [-0.15, -0.1) is 0 Å². The number of nitrogens with one attached hydrogen (secondary N) is 16. The second kappa shape index (κ2) is 25.7. The van der Waals surface area contributed by atoms with Crippen molar-refractivity contribution in [2.24, 2.45) is 94.7 Å². The standard InChI is InChI=1S/2C32H56N8.Ca.Zn.2H/c2*1-2-10-18-17(9-1)25-33-26(18)38-28-21-13-5-6-14-22(21)30(35-28)40-32-24-16-8-7-15-23(24)31(36-32)39-29-20-12-4-3-11-19(20)27(34-29)37-25;;;;/h2*17-40H,1-16H2;;;;/q;;+2;;2*-1. The summed E-state index contributed by atoms with van der Waals surface area (Å²) in [6.45, 7) is 0. The molecular formula is C64H114CaN16Zn. The molecule has 0 radical (unpaired) electrons. The van der Waals surface area contributed by atoms with Crippen molar-refractivity contribution in [2.45, 2.75) is 304 Å². The van der Waals surface area contributed by atoms with Crippen molar-refractivity contribution in [3.05, 3.63) is 0 Å². The molecule has 18 heteroatoms. The second-order valence-electron chi connectivity index (χ2n) is 31.2. The van der Waals surface area contributed by atoms with Gasteiger partial charge < -0.3 is 2.85 Å². The SMILES string of the molecule is C1CCC2C3NC(NC4NC(NC5NC(NC6NC(N3)C3CCCCC63)C3CCCCC53)C3CCCCC43)C2C1.C1CCC2C3NC(NC4NC(NC5NC(NC6NC(N3)C3CCCCC63)C3CCCCC53)C3CCCCC43)C2C1.[Ca+2].[H-].[H-].[Zn]. The molecule has 8 saturated carbocycles. The smallest absolute Gasteiger partial charge is 1.00 e. The van der Waals surface area contributed by atoms with Crippen LogP contribution in [0.2, 0.25) is 0 Å². The maximum absolute atomic E-state index is 4.26. The van der Waals surface area contributed by atoms with Crippen LogP contribution in [-0.2, 0) is 19.5 Å². The second-order valence-corrected chi connectivity index (χ2v) is 31.2. The molecule has 16 atom stereocenters. The van der Waals surface area contributed by atoms with Crippen molar-refractivity contribution in [1.29, 1.82) is 0 Å². The predicted molar refractivity (Wildman–Crippen MR) is 322 cm³/mol. The first-order chi connectivity index (χ1) is 39.6. The largest absolute Gasteiger partial charge is 2.00 e. The van der Waals surface area contributed by atoms with Crippen LogP contribution in [0, 0.1) is 94.7 Å². The van der Waals surface area contributed by atoms with E-state index in [1.165, 1.54) is 205 Å². The summed E-state index contributed by atoms with van der Waals surface area (Å²) < 4.78 is 0. The molecule has 10 saturated heterocycles. The Labute approximate surface area is 539 Å². The van der Waals surface area contributed by atoms with Gasteiger partial charge in [0.25, 0.3) is 0 Å². The van der Waals surface area contributed by atoms with Gasteiger partial charge in [-0.25, -0.2) is 0 Å². The number of fused-ring (bicyclic) bond motifs is 40. The van der Waals surface area contributed by atoms with Crippen LogP contribution in [-0.4, -0.2) is 136 Å². The zero-order chi connectivity index (χ0) is 52.4. The van der Waals surface area contributed by atoms with Gasteiger partial charge in [0.2, 0.25) is 0 Å².